The van der Waals surface area contributed by atoms with Gasteiger partial charge in [0.05, 0.1) is 30.1 Å². The molecule has 0 saturated heterocycles. The largest absolute Gasteiger partial charge is 0.468 e. The molecule has 0 aliphatic heterocycles. The van der Waals surface area contributed by atoms with Gasteiger partial charge in [0.15, 0.2) is 0 Å². The fourth-order valence-electron chi connectivity index (χ4n) is 1.67. The number of H-pyrrole nitrogens is 1. The van der Waals surface area contributed by atoms with Crippen molar-refractivity contribution >= 4 is 39.1 Å². The van der Waals surface area contributed by atoms with Crippen LogP contribution in [0.25, 0.3) is 11.0 Å². The standard InChI is InChI=1S/C12H14N4O6S/c1-21-10(17)6-13-23(19,20)7-3-4-8-9(5-7)15-11(14-8)16-12(18)22-2/h3-5,13H,6H2,1-2H3,(H2,14,15,16,18). The van der Waals surface area contributed by atoms with Crippen molar-refractivity contribution < 1.29 is 27.5 Å². The summed E-state index contributed by atoms with van der Waals surface area (Å²) in [7, 11) is -1.53. The van der Waals surface area contributed by atoms with Gasteiger partial charge in [-0.05, 0) is 18.2 Å². The maximum atomic E-state index is 12.1. The molecule has 0 atom stereocenters. The predicted octanol–water partition coefficient (Wildman–Crippen LogP) is 0.192. The lowest BCUT2D eigenvalue weighted by atomic mass is 10.3. The molecule has 1 heterocycles. The van der Waals surface area contributed by atoms with Crippen LogP contribution in [0.2, 0.25) is 0 Å². The van der Waals surface area contributed by atoms with Gasteiger partial charge in [0, 0.05) is 0 Å². The van der Waals surface area contributed by atoms with Crippen LogP contribution in [0, 0.1) is 0 Å². The molecule has 11 heteroatoms. The van der Waals surface area contributed by atoms with Gasteiger partial charge in [-0.25, -0.2) is 18.2 Å². The maximum absolute atomic E-state index is 12.1. The second-order valence-corrected chi connectivity index (χ2v) is 6.05. The zero-order valence-electron chi connectivity index (χ0n) is 12.2. The smallest absolute Gasteiger partial charge is 0.413 e. The Kier molecular flexibility index (Phi) is 4.81. The molecular weight excluding hydrogens is 328 g/mol. The van der Waals surface area contributed by atoms with Gasteiger partial charge >= 0.3 is 12.1 Å². The molecule has 0 radical (unpaired) electrons. The number of ether oxygens (including phenoxy) is 2. The zero-order chi connectivity index (χ0) is 17.0. The number of esters is 1. The SMILES string of the molecule is COC(=O)CNS(=O)(=O)c1ccc2nc(NC(=O)OC)[nH]c2c1. The molecule has 0 unspecified atom stereocenters. The number of carbonyl (C=O) groups excluding carboxylic acids is 2. The molecule has 0 aliphatic carbocycles. The molecule has 1 aromatic heterocycles. The molecular formula is C12H14N4O6S. The number of methoxy groups -OCH3 is 2. The highest BCUT2D eigenvalue weighted by Crippen LogP contribution is 2.19. The van der Waals surface area contributed by atoms with E-state index in [1.807, 2.05) is 0 Å². The Morgan fingerprint density at radius 1 is 1.26 bits per heavy atom. The van der Waals surface area contributed by atoms with Gasteiger partial charge < -0.3 is 14.5 Å². The Hall–Kier alpha value is -2.66. The zero-order valence-corrected chi connectivity index (χ0v) is 13.1. The number of anilines is 1. The average Bonchev–Trinajstić information content (AvgIpc) is 2.93. The van der Waals surface area contributed by atoms with Gasteiger partial charge in [0.1, 0.15) is 6.54 Å². The highest BCUT2D eigenvalue weighted by atomic mass is 32.2. The summed E-state index contributed by atoms with van der Waals surface area (Å²) in [5.41, 5.74) is 0.834. The quantitative estimate of drug-likeness (QED) is 0.659. The van der Waals surface area contributed by atoms with Crippen molar-refractivity contribution in [1.29, 1.82) is 0 Å². The number of fused-ring (bicyclic) bond motifs is 1. The Labute approximate surface area is 131 Å². The maximum Gasteiger partial charge on any atom is 0.413 e. The highest BCUT2D eigenvalue weighted by molar-refractivity contribution is 7.89. The van der Waals surface area contributed by atoms with Crippen molar-refractivity contribution in [2.24, 2.45) is 0 Å². The number of aromatic nitrogens is 2. The molecule has 124 valence electrons. The van der Waals surface area contributed by atoms with E-state index in [0.717, 1.165) is 7.11 Å². The summed E-state index contributed by atoms with van der Waals surface area (Å²) in [4.78, 5) is 28.9. The molecule has 10 nitrogen and oxygen atoms in total. The Balaban J connectivity index is 2.25. The summed E-state index contributed by atoms with van der Waals surface area (Å²) in [6.07, 6.45) is -0.711. The summed E-state index contributed by atoms with van der Waals surface area (Å²) >= 11 is 0. The van der Waals surface area contributed by atoms with Crippen LogP contribution in [0.4, 0.5) is 10.7 Å². The van der Waals surface area contributed by atoms with E-state index in [4.69, 9.17) is 0 Å². The summed E-state index contributed by atoms with van der Waals surface area (Å²) in [5, 5.41) is 2.33. The monoisotopic (exact) mass is 342 g/mol. The van der Waals surface area contributed by atoms with E-state index in [1.165, 1.54) is 25.3 Å². The van der Waals surface area contributed by atoms with E-state index < -0.39 is 28.6 Å². The fraction of sp³-hybridized carbons (Fsp3) is 0.250. The van der Waals surface area contributed by atoms with E-state index >= 15 is 0 Å². The number of carbonyl (C=O) groups is 2. The van der Waals surface area contributed by atoms with Crippen molar-refractivity contribution in [2.45, 2.75) is 4.90 Å². The first-order valence-electron chi connectivity index (χ1n) is 6.27. The Bertz CT molecular complexity index is 844. The Morgan fingerprint density at radius 3 is 2.65 bits per heavy atom. The van der Waals surface area contributed by atoms with Gasteiger partial charge in [-0.15, -0.1) is 0 Å². The number of rotatable bonds is 5. The van der Waals surface area contributed by atoms with Crippen LogP contribution in [0.3, 0.4) is 0 Å². The molecule has 3 N–H and O–H groups in total. The number of hydrogen-bond acceptors (Lipinski definition) is 7. The van der Waals surface area contributed by atoms with E-state index in [0.29, 0.717) is 11.0 Å². The molecule has 0 fully saturated rings. The van der Waals surface area contributed by atoms with Crippen LogP contribution < -0.4 is 10.0 Å². The van der Waals surface area contributed by atoms with Crippen LogP contribution in [-0.4, -0.2) is 51.2 Å². The van der Waals surface area contributed by atoms with Crippen LogP contribution in [0.5, 0.6) is 0 Å². The van der Waals surface area contributed by atoms with E-state index in [9.17, 15) is 18.0 Å². The highest BCUT2D eigenvalue weighted by Gasteiger charge is 2.17. The van der Waals surface area contributed by atoms with Gasteiger partial charge in [-0.2, -0.15) is 4.72 Å². The molecule has 0 bridgehead atoms. The van der Waals surface area contributed by atoms with Crippen molar-refractivity contribution in [3.63, 3.8) is 0 Å². The lowest BCUT2D eigenvalue weighted by Crippen LogP contribution is -2.30. The summed E-state index contributed by atoms with van der Waals surface area (Å²) in [6.45, 7) is -0.477. The first kappa shape index (κ1) is 16.7. The number of sulfonamides is 1. The number of benzene rings is 1. The number of aromatic amines is 1. The predicted molar refractivity (Wildman–Crippen MR) is 79.3 cm³/mol. The van der Waals surface area contributed by atoms with Gasteiger partial charge in [-0.1, -0.05) is 0 Å². The Morgan fingerprint density at radius 2 is 2.00 bits per heavy atom. The van der Waals surface area contributed by atoms with Crippen LogP contribution in [0.15, 0.2) is 23.1 Å². The lowest BCUT2D eigenvalue weighted by molar-refractivity contribution is -0.139. The minimum Gasteiger partial charge on any atom is -0.468 e. The molecule has 2 aromatic rings. The van der Waals surface area contributed by atoms with E-state index in [2.05, 4.69) is 29.5 Å². The van der Waals surface area contributed by atoms with Crippen molar-refractivity contribution in [2.75, 3.05) is 26.1 Å². The third-order valence-corrected chi connectivity index (χ3v) is 4.20. The molecule has 0 saturated carbocycles. The third kappa shape index (κ3) is 3.96. The molecule has 1 amide bonds. The van der Waals surface area contributed by atoms with Crippen molar-refractivity contribution in [3.8, 4) is 0 Å². The van der Waals surface area contributed by atoms with Crippen LogP contribution in [0.1, 0.15) is 0 Å². The average molecular weight is 342 g/mol. The number of amides is 1. The minimum absolute atomic E-state index is 0.0674. The minimum atomic E-state index is -3.89. The van der Waals surface area contributed by atoms with Crippen LogP contribution >= 0.6 is 0 Å². The van der Waals surface area contributed by atoms with Crippen molar-refractivity contribution in [1.82, 2.24) is 14.7 Å². The first-order chi connectivity index (χ1) is 10.9. The van der Waals surface area contributed by atoms with Crippen molar-refractivity contribution in [3.05, 3.63) is 18.2 Å². The second kappa shape index (κ2) is 6.62. The topological polar surface area (TPSA) is 139 Å². The normalized spacial score (nSPS) is 11.2. The number of nitrogens with one attached hydrogen (secondary N) is 3. The van der Waals surface area contributed by atoms with Gasteiger partial charge in [0.2, 0.25) is 16.0 Å². The summed E-state index contributed by atoms with van der Waals surface area (Å²) in [6, 6.07) is 4.11. The third-order valence-electron chi connectivity index (χ3n) is 2.80. The fourth-order valence-corrected chi connectivity index (χ4v) is 2.67. The summed E-state index contributed by atoms with van der Waals surface area (Å²) < 4.78 is 35.1. The molecule has 1 aromatic carbocycles. The lowest BCUT2D eigenvalue weighted by Gasteiger charge is -2.05. The molecule has 23 heavy (non-hydrogen) atoms. The number of imidazole rings is 1. The van der Waals surface area contributed by atoms with Gasteiger partial charge in [0.25, 0.3) is 0 Å². The van der Waals surface area contributed by atoms with Crippen LogP contribution in [-0.2, 0) is 24.3 Å². The van der Waals surface area contributed by atoms with E-state index in [1.54, 1.807) is 0 Å². The van der Waals surface area contributed by atoms with E-state index in [-0.39, 0.29) is 10.8 Å². The molecule has 2 rings (SSSR count). The molecule has 0 aliphatic rings. The van der Waals surface area contributed by atoms with Gasteiger partial charge in [-0.3, -0.25) is 10.1 Å². The number of nitrogens with zero attached hydrogens (tertiary/aromatic N) is 1. The second-order valence-electron chi connectivity index (χ2n) is 4.28. The molecule has 0 spiro atoms. The first-order valence-corrected chi connectivity index (χ1v) is 7.75. The number of hydrogen-bond donors (Lipinski definition) is 3. The summed E-state index contributed by atoms with van der Waals surface area (Å²) in [5.74, 6) is -0.593.